The zero-order valence-corrected chi connectivity index (χ0v) is 10.6. The molecule has 0 saturated carbocycles. The van der Waals surface area contributed by atoms with Crippen molar-refractivity contribution in [2.24, 2.45) is 11.8 Å². The molecular weight excluding hydrogens is 227 g/mol. The summed E-state index contributed by atoms with van der Waals surface area (Å²) in [5.74, 6) is 0.241. The van der Waals surface area contributed by atoms with Crippen LogP contribution in [-0.2, 0) is 6.42 Å². The van der Waals surface area contributed by atoms with Gasteiger partial charge in [0, 0.05) is 11.4 Å². The second kappa shape index (κ2) is 5.65. The maximum atomic E-state index is 13.0. The SMILES string of the molecule is CC(C)C(C)C(O)Cc1cc(F)ccc1Cl. The number of rotatable bonds is 4. The molecule has 0 heterocycles. The fraction of sp³-hybridized carbons (Fsp3) is 0.538. The maximum absolute atomic E-state index is 13.0. The molecule has 0 amide bonds. The van der Waals surface area contributed by atoms with Crippen molar-refractivity contribution in [3.8, 4) is 0 Å². The maximum Gasteiger partial charge on any atom is 0.123 e. The first kappa shape index (κ1) is 13.5. The number of aliphatic hydroxyl groups excluding tert-OH is 1. The van der Waals surface area contributed by atoms with E-state index in [1.165, 1.54) is 18.2 Å². The normalized spacial score (nSPS) is 15.2. The molecule has 0 radical (unpaired) electrons. The monoisotopic (exact) mass is 244 g/mol. The summed E-state index contributed by atoms with van der Waals surface area (Å²) < 4.78 is 13.0. The Hall–Kier alpha value is -0.600. The summed E-state index contributed by atoms with van der Waals surface area (Å²) >= 11 is 5.95. The molecule has 1 aromatic rings. The van der Waals surface area contributed by atoms with Gasteiger partial charge in [-0.05, 0) is 35.6 Å². The molecule has 0 bridgehead atoms. The lowest BCUT2D eigenvalue weighted by atomic mass is 9.89. The van der Waals surface area contributed by atoms with Crippen LogP contribution in [0.2, 0.25) is 5.02 Å². The summed E-state index contributed by atoms with van der Waals surface area (Å²) in [5.41, 5.74) is 0.668. The van der Waals surface area contributed by atoms with E-state index in [1.54, 1.807) is 0 Å². The highest BCUT2D eigenvalue weighted by atomic mass is 35.5. The molecule has 0 aliphatic carbocycles. The van der Waals surface area contributed by atoms with Crippen molar-refractivity contribution in [2.45, 2.75) is 33.3 Å². The molecule has 0 spiro atoms. The highest BCUT2D eigenvalue weighted by Crippen LogP contribution is 2.23. The van der Waals surface area contributed by atoms with Crippen molar-refractivity contribution >= 4 is 11.6 Å². The second-order valence-electron chi connectivity index (χ2n) is 4.61. The summed E-state index contributed by atoms with van der Waals surface area (Å²) in [4.78, 5) is 0. The molecule has 1 rings (SSSR count). The lowest BCUT2D eigenvalue weighted by Crippen LogP contribution is -2.24. The third-order valence-corrected chi connectivity index (χ3v) is 3.46. The van der Waals surface area contributed by atoms with Crippen LogP contribution in [-0.4, -0.2) is 11.2 Å². The van der Waals surface area contributed by atoms with Gasteiger partial charge in [-0.15, -0.1) is 0 Å². The van der Waals surface area contributed by atoms with Crippen LogP contribution in [0.15, 0.2) is 18.2 Å². The van der Waals surface area contributed by atoms with Crippen LogP contribution in [0, 0.1) is 17.7 Å². The Morgan fingerprint density at radius 1 is 1.31 bits per heavy atom. The van der Waals surface area contributed by atoms with E-state index in [2.05, 4.69) is 13.8 Å². The van der Waals surface area contributed by atoms with Gasteiger partial charge in [0.2, 0.25) is 0 Å². The highest BCUT2D eigenvalue weighted by molar-refractivity contribution is 6.31. The first-order valence-corrected chi connectivity index (χ1v) is 5.91. The second-order valence-corrected chi connectivity index (χ2v) is 5.02. The minimum absolute atomic E-state index is 0.166. The molecular formula is C13H18ClFO. The molecule has 2 unspecified atom stereocenters. The fourth-order valence-electron chi connectivity index (χ4n) is 1.56. The quantitative estimate of drug-likeness (QED) is 0.857. The summed E-state index contributed by atoms with van der Waals surface area (Å²) in [5, 5.41) is 10.5. The minimum Gasteiger partial charge on any atom is -0.392 e. The number of hydrogen-bond donors (Lipinski definition) is 1. The predicted molar refractivity (Wildman–Crippen MR) is 65.1 cm³/mol. The van der Waals surface area contributed by atoms with Gasteiger partial charge in [0.15, 0.2) is 0 Å². The van der Waals surface area contributed by atoms with Gasteiger partial charge in [0.25, 0.3) is 0 Å². The van der Waals surface area contributed by atoms with Crippen molar-refractivity contribution in [2.75, 3.05) is 0 Å². The molecule has 2 atom stereocenters. The van der Waals surface area contributed by atoms with E-state index in [9.17, 15) is 9.50 Å². The zero-order valence-electron chi connectivity index (χ0n) is 9.87. The third kappa shape index (κ3) is 3.46. The van der Waals surface area contributed by atoms with E-state index in [-0.39, 0.29) is 11.7 Å². The van der Waals surface area contributed by atoms with E-state index >= 15 is 0 Å². The van der Waals surface area contributed by atoms with Crippen LogP contribution in [0.4, 0.5) is 4.39 Å². The van der Waals surface area contributed by atoms with Gasteiger partial charge in [0.05, 0.1) is 6.10 Å². The van der Waals surface area contributed by atoms with Gasteiger partial charge < -0.3 is 5.11 Å². The number of aliphatic hydroxyl groups is 1. The Balaban J connectivity index is 2.76. The molecule has 16 heavy (non-hydrogen) atoms. The van der Waals surface area contributed by atoms with Crippen molar-refractivity contribution in [3.05, 3.63) is 34.6 Å². The standard InChI is InChI=1S/C13H18ClFO/c1-8(2)9(3)13(16)7-10-6-11(15)4-5-12(10)14/h4-6,8-9,13,16H,7H2,1-3H3. The average Bonchev–Trinajstić information content (AvgIpc) is 2.22. The fourth-order valence-corrected chi connectivity index (χ4v) is 1.75. The third-order valence-electron chi connectivity index (χ3n) is 3.10. The van der Waals surface area contributed by atoms with Gasteiger partial charge in [-0.1, -0.05) is 32.4 Å². The van der Waals surface area contributed by atoms with Gasteiger partial charge in [-0.25, -0.2) is 4.39 Å². The minimum atomic E-state index is -0.487. The van der Waals surface area contributed by atoms with Crippen LogP contribution in [0.3, 0.4) is 0 Å². The summed E-state index contributed by atoms with van der Waals surface area (Å²) in [6.07, 6.45) is -0.0880. The van der Waals surface area contributed by atoms with E-state index in [1.807, 2.05) is 6.92 Å². The summed E-state index contributed by atoms with van der Waals surface area (Å²) in [6.45, 7) is 6.10. The Bertz CT molecular complexity index is 352. The van der Waals surface area contributed by atoms with Crippen molar-refractivity contribution < 1.29 is 9.50 Å². The molecule has 1 nitrogen and oxygen atoms in total. The molecule has 1 N–H and O–H groups in total. The first-order chi connectivity index (χ1) is 7.41. The van der Waals surface area contributed by atoms with E-state index in [0.717, 1.165) is 0 Å². The molecule has 3 heteroatoms. The van der Waals surface area contributed by atoms with Crippen LogP contribution in [0.1, 0.15) is 26.3 Å². The Kier molecular flexibility index (Phi) is 4.75. The molecule has 0 aliphatic rings. The smallest absolute Gasteiger partial charge is 0.123 e. The lowest BCUT2D eigenvalue weighted by molar-refractivity contribution is 0.0921. The lowest BCUT2D eigenvalue weighted by Gasteiger charge is -2.22. The van der Waals surface area contributed by atoms with Crippen LogP contribution in [0.5, 0.6) is 0 Å². The number of benzene rings is 1. The van der Waals surface area contributed by atoms with E-state index in [0.29, 0.717) is 22.9 Å². The topological polar surface area (TPSA) is 20.2 Å². The van der Waals surface area contributed by atoms with Crippen molar-refractivity contribution in [3.63, 3.8) is 0 Å². The van der Waals surface area contributed by atoms with Crippen molar-refractivity contribution in [1.82, 2.24) is 0 Å². The molecule has 1 aromatic carbocycles. The van der Waals surface area contributed by atoms with E-state index < -0.39 is 6.10 Å². The average molecular weight is 245 g/mol. The van der Waals surface area contributed by atoms with Gasteiger partial charge in [-0.3, -0.25) is 0 Å². The highest BCUT2D eigenvalue weighted by Gasteiger charge is 2.19. The van der Waals surface area contributed by atoms with Crippen LogP contribution >= 0.6 is 11.6 Å². The summed E-state index contributed by atoms with van der Waals surface area (Å²) in [6, 6.07) is 4.24. The molecule has 0 aromatic heterocycles. The molecule has 0 aliphatic heterocycles. The van der Waals surface area contributed by atoms with Crippen LogP contribution in [0.25, 0.3) is 0 Å². The Morgan fingerprint density at radius 3 is 2.50 bits per heavy atom. The van der Waals surface area contributed by atoms with Gasteiger partial charge in [0.1, 0.15) is 5.82 Å². The number of hydrogen-bond acceptors (Lipinski definition) is 1. The largest absolute Gasteiger partial charge is 0.392 e. The zero-order chi connectivity index (χ0) is 12.3. The van der Waals surface area contributed by atoms with Crippen molar-refractivity contribution in [1.29, 1.82) is 0 Å². The Labute approximate surface area is 101 Å². The molecule has 0 saturated heterocycles. The van der Waals surface area contributed by atoms with Gasteiger partial charge in [-0.2, -0.15) is 0 Å². The predicted octanol–water partition coefficient (Wildman–Crippen LogP) is 3.67. The molecule has 90 valence electrons. The van der Waals surface area contributed by atoms with Crippen LogP contribution < -0.4 is 0 Å². The Morgan fingerprint density at radius 2 is 1.94 bits per heavy atom. The molecule has 0 fully saturated rings. The van der Waals surface area contributed by atoms with Gasteiger partial charge >= 0.3 is 0 Å². The first-order valence-electron chi connectivity index (χ1n) is 5.53. The summed E-state index contributed by atoms with van der Waals surface area (Å²) in [7, 11) is 0. The number of halogens is 2. The van der Waals surface area contributed by atoms with E-state index in [4.69, 9.17) is 11.6 Å².